The molecule has 2 atom stereocenters. The first-order chi connectivity index (χ1) is 14.2. The fourth-order valence-corrected chi connectivity index (χ4v) is 4.73. The van der Waals surface area contributed by atoms with Crippen LogP contribution >= 0.6 is 24.8 Å². The Morgan fingerprint density at radius 3 is 2.84 bits per heavy atom. The third kappa shape index (κ3) is 4.58. The Labute approximate surface area is 193 Å². The third-order valence-corrected chi connectivity index (χ3v) is 6.20. The van der Waals surface area contributed by atoms with Crippen LogP contribution in [0.4, 0.5) is 4.39 Å². The van der Waals surface area contributed by atoms with Crippen molar-refractivity contribution in [1.29, 1.82) is 0 Å². The lowest BCUT2D eigenvalue weighted by Gasteiger charge is -2.35. The fraction of sp³-hybridized carbons (Fsp3) is 0.571. The Morgan fingerprint density at radius 1 is 1.19 bits per heavy atom. The lowest BCUT2D eigenvalue weighted by molar-refractivity contribution is 0.109. The number of hydrogen-bond donors (Lipinski definition) is 1. The highest BCUT2D eigenvalue weighted by Crippen LogP contribution is 2.31. The van der Waals surface area contributed by atoms with Crippen LogP contribution in [-0.4, -0.2) is 50.5 Å². The highest BCUT2D eigenvalue weighted by molar-refractivity contribution is 5.85. The number of halogens is 3. The highest BCUT2D eigenvalue weighted by atomic mass is 35.5. The Morgan fingerprint density at radius 2 is 2.06 bits per heavy atom. The number of piperidine rings is 1. The summed E-state index contributed by atoms with van der Waals surface area (Å²) in [6.45, 7) is 5.16. The molecule has 0 bridgehead atoms. The van der Waals surface area contributed by atoms with E-state index in [1.807, 2.05) is 13.0 Å². The van der Waals surface area contributed by atoms with Crippen molar-refractivity contribution in [3.05, 3.63) is 35.6 Å². The van der Waals surface area contributed by atoms with E-state index in [0.29, 0.717) is 29.8 Å². The molecular weight excluding hydrogens is 442 g/mol. The lowest BCUT2D eigenvalue weighted by Crippen LogP contribution is -2.42. The summed E-state index contributed by atoms with van der Waals surface area (Å²) in [7, 11) is 0. The standard InChI is InChI=1S/C21H27FN6O.2ClH/c1-2-17-15-8-5-9-16(22)19(15)28(25-17)21-24-20(29-26-21)18-10-3-4-12-27(18)13-14-7-6-11-23-14;;/h5,8-9,14,18,23H,2-4,6-7,10-13H2,1H3;2*1H/t14-,18?;;/m1../s1. The molecule has 4 heterocycles. The average molecular weight is 471 g/mol. The predicted molar refractivity (Wildman–Crippen MR) is 122 cm³/mol. The molecule has 1 N–H and O–H groups in total. The molecule has 5 rings (SSSR count). The molecule has 1 aromatic carbocycles. The van der Waals surface area contributed by atoms with E-state index >= 15 is 0 Å². The summed E-state index contributed by atoms with van der Waals surface area (Å²) in [5.41, 5.74) is 1.24. The van der Waals surface area contributed by atoms with Crippen molar-refractivity contribution >= 4 is 35.7 Å². The Balaban J connectivity index is 0.00000136. The molecule has 0 saturated carbocycles. The maximum Gasteiger partial charge on any atom is 0.291 e. The minimum atomic E-state index is -0.326. The van der Waals surface area contributed by atoms with Crippen molar-refractivity contribution in [2.75, 3.05) is 19.6 Å². The molecule has 2 aliphatic heterocycles. The van der Waals surface area contributed by atoms with Crippen molar-refractivity contribution in [3.8, 4) is 5.95 Å². The van der Waals surface area contributed by atoms with Gasteiger partial charge in [-0.3, -0.25) is 4.90 Å². The zero-order chi connectivity index (χ0) is 19.8. The van der Waals surface area contributed by atoms with Gasteiger partial charge in [0.1, 0.15) is 11.3 Å². The Bertz CT molecular complexity index is 1000. The molecule has 2 aliphatic rings. The molecule has 2 fully saturated rings. The van der Waals surface area contributed by atoms with Crippen LogP contribution < -0.4 is 5.32 Å². The molecule has 7 nitrogen and oxygen atoms in total. The van der Waals surface area contributed by atoms with Gasteiger partial charge in [0.15, 0.2) is 0 Å². The Hall–Kier alpha value is -1.74. The minimum absolute atomic E-state index is 0. The minimum Gasteiger partial charge on any atom is -0.336 e. The molecular formula is C21H29Cl2FN6O. The average Bonchev–Trinajstić information content (AvgIpc) is 3.48. The van der Waals surface area contributed by atoms with Crippen molar-refractivity contribution in [1.82, 2.24) is 30.1 Å². The first kappa shape index (κ1) is 23.9. The molecule has 0 spiro atoms. The maximum atomic E-state index is 14.6. The normalized spacial score (nSPS) is 21.7. The number of aryl methyl sites for hydroxylation is 1. The van der Waals surface area contributed by atoms with Crippen molar-refractivity contribution < 1.29 is 8.91 Å². The van der Waals surface area contributed by atoms with Gasteiger partial charge in [-0.2, -0.15) is 14.8 Å². The maximum absolute atomic E-state index is 14.6. The zero-order valence-corrected chi connectivity index (χ0v) is 19.2. The van der Waals surface area contributed by atoms with Gasteiger partial charge in [-0.05, 0) is 56.4 Å². The molecule has 0 amide bonds. The van der Waals surface area contributed by atoms with Crippen LogP contribution in [-0.2, 0) is 6.42 Å². The van der Waals surface area contributed by atoms with E-state index in [2.05, 4.69) is 25.5 Å². The van der Waals surface area contributed by atoms with Gasteiger partial charge in [-0.1, -0.05) is 25.5 Å². The van der Waals surface area contributed by atoms with Gasteiger partial charge in [0.2, 0.25) is 5.89 Å². The van der Waals surface area contributed by atoms with Gasteiger partial charge in [-0.25, -0.2) is 4.39 Å². The molecule has 10 heteroatoms. The van der Waals surface area contributed by atoms with E-state index in [4.69, 9.17) is 4.52 Å². The van der Waals surface area contributed by atoms with E-state index in [1.54, 1.807) is 6.07 Å². The lowest BCUT2D eigenvalue weighted by atomic mass is 10.0. The summed E-state index contributed by atoms with van der Waals surface area (Å²) in [6, 6.07) is 5.69. The highest BCUT2D eigenvalue weighted by Gasteiger charge is 2.31. The number of nitrogens with zero attached hydrogens (tertiary/aromatic N) is 5. The Kier molecular flexibility index (Phi) is 7.91. The van der Waals surface area contributed by atoms with Crippen LogP contribution in [0.15, 0.2) is 22.7 Å². The fourth-order valence-electron chi connectivity index (χ4n) is 4.73. The summed E-state index contributed by atoms with van der Waals surface area (Å²) < 4.78 is 21.7. The molecule has 3 aromatic rings. The van der Waals surface area contributed by atoms with Gasteiger partial charge < -0.3 is 9.84 Å². The second kappa shape index (κ2) is 10.3. The molecule has 170 valence electrons. The number of nitrogens with one attached hydrogen (secondary N) is 1. The largest absolute Gasteiger partial charge is 0.336 e. The predicted octanol–water partition coefficient (Wildman–Crippen LogP) is 4.23. The SMILES string of the molecule is CCc1nn(-c2noc(C3CCCCN3C[C@H]3CCCN3)n2)c2c(F)cccc12.Cl.Cl. The number of aromatic nitrogens is 4. The number of hydrogen-bond acceptors (Lipinski definition) is 6. The van der Waals surface area contributed by atoms with E-state index in [1.165, 1.54) is 30.0 Å². The summed E-state index contributed by atoms with van der Waals surface area (Å²) in [5.74, 6) is 0.586. The van der Waals surface area contributed by atoms with Gasteiger partial charge >= 0.3 is 0 Å². The quantitative estimate of drug-likeness (QED) is 0.601. The topological polar surface area (TPSA) is 72.0 Å². The second-order valence-corrected chi connectivity index (χ2v) is 8.08. The zero-order valence-electron chi connectivity index (χ0n) is 17.6. The van der Waals surface area contributed by atoms with Crippen molar-refractivity contribution in [2.45, 2.75) is 57.5 Å². The van der Waals surface area contributed by atoms with Crippen LogP contribution in [0.3, 0.4) is 0 Å². The third-order valence-electron chi connectivity index (χ3n) is 6.20. The molecule has 31 heavy (non-hydrogen) atoms. The molecule has 0 aliphatic carbocycles. The molecule has 1 unspecified atom stereocenters. The summed E-state index contributed by atoms with van der Waals surface area (Å²) >= 11 is 0. The summed E-state index contributed by atoms with van der Waals surface area (Å²) in [6.07, 6.45) is 6.52. The second-order valence-electron chi connectivity index (χ2n) is 8.08. The van der Waals surface area contributed by atoms with Crippen LogP contribution in [0.5, 0.6) is 0 Å². The van der Waals surface area contributed by atoms with Crippen LogP contribution in [0.25, 0.3) is 16.9 Å². The van der Waals surface area contributed by atoms with Crippen LogP contribution in [0.1, 0.15) is 56.7 Å². The van der Waals surface area contributed by atoms with Crippen LogP contribution in [0, 0.1) is 5.82 Å². The summed E-state index contributed by atoms with van der Waals surface area (Å²) in [5, 5.41) is 13.1. The first-order valence-electron chi connectivity index (χ1n) is 10.7. The summed E-state index contributed by atoms with van der Waals surface area (Å²) in [4.78, 5) is 7.12. The molecule has 2 aromatic heterocycles. The van der Waals surface area contributed by atoms with E-state index in [0.717, 1.165) is 43.6 Å². The van der Waals surface area contributed by atoms with Gasteiger partial charge in [-0.15, -0.1) is 24.8 Å². The number of para-hydroxylation sites is 1. The monoisotopic (exact) mass is 470 g/mol. The number of rotatable bonds is 5. The van der Waals surface area contributed by atoms with Gasteiger partial charge in [0.25, 0.3) is 5.95 Å². The number of benzene rings is 1. The van der Waals surface area contributed by atoms with Crippen molar-refractivity contribution in [2.24, 2.45) is 0 Å². The van der Waals surface area contributed by atoms with Gasteiger partial charge in [0.05, 0.1) is 11.7 Å². The number of fused-ring (bicyclic) bond motifs is 1. The van der Waals surface area contributed by atoms with E-state index in [-0.39, 0.29) is 36.7 Å². The van der Waals surface area contributed by atoms with Crippen LogP contribution in [0.2, 0.25) is 0 Å². The molecule has 2 saturated heterocycles. The number of likely N-dealkylation sites (tertiary alicyclic amines) is 1. The molecule has 0 radical (unpaired) electrons. The van der Waals surface area contributed by atoms with Crippen molar-refractivity contribution in [3.63, 3.8) is 0 Å². The van der Waals surface area contributed by atoms with E-state index < -0.39 is 0 Å². The first-order valence-corrected chi connectivity index (χ1v) is 10.7. The van der Waals surface area contributed by atoms with Gasteiger partial charge in [0, 0.05) is 18.0 Å². The smallest absolute Gasteiger partial charge is 0.291 e. The van der Waals surface area contributed by atoms with E-state index in [9.17, 15) is 4.39 Å².